The van der Waals surface area contributed by atoms with Crippen molar-refractivity contribution in [1.82, 2.24) is 20.1 Å². The lowest BCUT2D eigenvalue weighted by atomic mass is 10.0. The molecule has 0 aliphatic heterocycles. The van der Waals surface area contributed by atoms with Crippen LogP contribution in [0.4, 0.5) is 0 Å². The first-order valence-electron chi connectivity index (χ1n) is 8.45. The number of rotatable bonds is 4. The topological polar surface area (TPSA) is 75.0 Å². The van der Waals surface area contributed by atoms with Gasteiger partial charge in [-0.15, -0.1) is 11.3 Å². The van der Waals surface area contributed by atoms with Gasteiger partial charge in [0.1, 0.15) is 16.5 Å². The summed E-state index contributed by atoms with van der Waals surface area (Å²) in [6.07, 6.45) is 4.64. The Hall–Kier alpha value is -2.41. The summed E-state index contributed by atoms with van der Waals surface area (Å²) in [5.74, 6) is 1.38. The number of furan rings is 1. The zero-order chi connectivity index (χ0) is 17.4. The number of H-pyrrole nitrogens is 1. The lowest BCUT2D eigenvalue weighted by Gasteiger charge is -2.13. The molecule has 0 aromatic carbocycles. The Bertz CT molecular complexity index is 884. The van der Waals surface area contributed by atoms with Crippen molar-refractivity contribution in [2.45, 2.75) is 39.2 Å². The molecule has 1 aliphatic rings. The highest BCUT2D eigenvalue weighted by atomic mass is 32.1. The highest BCUT2D eigenvalue weighted by molar-refractivity contribution is 7.11. The fourth-order valence-electron chi connectivity index (χ4n) is 3.08. The average Bonchev–Trinajstić information content (AvgIpc) is 3.32. The number of fused-ring (bicyclic) bond motifs is 1. The van der Waals surface area contributed by atoms with Crippen LogP contribution >= 0.6 is 11.3 Å². The third kappa shape index (κ3) is 3.24. The molecule has 1 N–H and O–H groups in total. The SMILES string of the molecule is Cc1ccc(-c2cc(C(=O)N(C)Cc3nc4c(s3)CCCC4)n[nH]2)o1. The van der Waals surface area contributed by atoms with Crippen molar-refractivity contribution in [3.8, 4) is 11.5 Å². The molecule has 0 saturated heterocycles. The molecular formula is C18H20N4O2S. The number of amides is 1. The molecule has 0 fully saturated rings. The van der Waals surface area contributed by atoms with E-state index >= 15 is 0 Å². The number of nitrogens with zero attached hydrogens (tertiary/aromatic N) is 3. The Morgan fingerprint density at radius 2 is 2.20 bits per heavy atom. The minimum absolute atomic E-state index is 0.126. The molecule has 25 heavy (non-hydrogen) atoms. The number of carbonyl (C=O) groups is 1. The van der Waals surface area contributed by atoms with E-state index in [0.29, 0.717) is 23.7 Å². The smallest absolute Gasteiger partial charge is 0.274 e. The number of aromatic nitrogens is 3. The normalized spacial score (nSPS) is 13.7. The third-order valence-corrected chi connectivity index (χ3v) is 5.55. The molecule has 4 rings (SSSR count). The molecule has 3 heterocycles. The van der Waals surface area contributed by atoms with Gasteiger partial charge < -0.3 is 9.32 Å². The van der Waals surface area contributed by atoms with E-state index in [-0.39, 0.29) is 5.91 Å². The third-order valence-electron chi connectivity index (χ3n) is 4.41. The van der Waals surface area contributed by atoms with Gasteiger partial charge in [-0.1, -0.05) is 0 Å². The van der Waals surface area contributed by atoms with Gasteiger partial charge in [-0.05, 0) is 44.7 Å². The van der Waals surface area contributed by atoms with Crippen LogP contribution < -0.4 is 0 Å². The maximum atomic E-state index is 12.6. The lowest BCUT2D eigenvalue weighted by Crippen LogP contribution is -2.26. The summed E-state index contributed by atoms with van der Waals surface area (Å²) in [4.78, 5) is 20.4. The van der Waals surface area contributed by atoms with Crippen LogP contribution in [0.15, 0.2) is 22.6 Å². The molecule has 3 aromatic rings. The van der Waals surface area contributed by atoms with Crippen LogP contribution in [0.1, 0.15) is 44.7 Å². The monoisotopic (exact) mass is 356 g/mol. The van der Waals surface area contributed by atoms with Crippen molar-refractivity contribution < 1.29 is 9.21 Å². The summed E-state index contributed by atoms with van der Waals surface area (Å²) in [6.45, 7) is 2.39. The standard InChI is InChI=1S/C18H20N4O2S/c1-11-7-8-15(24-11)13-9-14(21-20-13)18(23)22(2)10-17-19-12-5-3-4-6-16(12)25-17/h7-9H,3-6,10H2,1-2H3,(H,20,21). The van der Waals surface area contributed by atoms with Gasteiger partial charge in [0, 0.05) is 18.0 Å². The molecule has 7 heteroatoms. The van der Waals surface area contributed by atoms with Crippen molar-refractivity contribution in [3.63, 3.8) is 0 Å². The van der Waals surface area contributed by atoms with Gasteiger partial charge in [0.2, 0.25) is 0 Å². The molecular weight excluding hydrogens is 336 g/mol. The summed E-state index contributed by atoms with van der Waals surface area (Å²) in [6, 6.07) is 5.47. The van der Waals surface area contributed by atoms with Gasteiger partial charge in [-0.3, -0.25) is 9.89 Å². The fraction of sp³-hybridized carbons (Fsp3) is 0.389. The zero-order valence-electron chi connectivity index (χ0n) is 14.3. The number of aromatic amines is 1. The van der Waals surface area contributed by atoms with E-state index < -0.39 is 0 Å². The Kier molecular flexibility index (Phi) is 4.17. The number of aryl methyl sites for hydroxylation is 3. The van der Waals surface area contributed by atoms with E-state index in [0.717, 1.165) is 23.6 Å². The summed E-state index contributed by atoms with van der Waals surface area (Å²) in [5, 5.41) is 8.01. The number of hydrogen-bond donors (Lipinski definition) is 1. The Morgan fingerprint density at radius 1 is 1.36 bits per heavy atom. The van der Waals surface area contributed by atoms with Crippen molar-refractivity contribution in [1.29, 1.82) is 0 Å². The van der Waals surface area contributed by atoms with Crippen LogP contribution in [-0.4, -0.2) is 33.0 Å². The zero-order valence-corrected chi connectivity index (χ0v) is 15.2. The first-order chi connectivity index (χ1) is 12.1. The van der Waals surface area contributed by atoms with Gasteiger partial charge in [-0.25, -0.2) is 4.98 Å². The van der Waals surface area contributed by atoms with E-state index in [9.17, 15) is 4.79 Å². The molecule has 0 radical (unpaired) electrons. The predicted molar refractivity (Wildman–Crippen MR) is 95.6 cm³/mol. The van der Waals surface area contributed by atoms with Gasteiger partial charge in [0.15, 0.2) is 11.5 Å². The second kappa shape index (κ2) is 6.48. The second-order valence-corrected chi connectivity index (χ2v) is 7.59. The number of thiazole rings is 1. The van der Waals surface area contributed by atoms with Gasteiger partial charge >= 0.3 is 0 Å². The first kappa shape index (κ1) is 16.1. The molecule has 1 aliphatic carbocycles. The molecule has 3 aromatic heterocycles. The van der Waals surface area contributed by atoms with Gasteiger partial charge in [-0.2, -0.15) is 5.10 Å². The number of carbonyl (C=O) groups excluding carboxylic acids is 1. The predicted octanol–water partition coefficient (Wildman–Crippen LogP) is 3.59. The Labute approximate surface area is 149 Å². The largest absolute Gasteiger partial charge is 0.460 e. The summed E-state index contributed by atoms with van der Waals surface area (Å²) >= 11 is 1.73. The molecule has 0 spiro atoms. The molecule has 0 unspecified atom stereocenters. The van der Waals surface area contributed by atoms with Crippen molar-refractivity contribution >= 4 is 17.2 Å². The van der Waals surface area contributed by atoms with Crippen LogP contribution in [0.25, 0.3) is 11.5 Å². The highest BCUT2D eigenvalue weighted by Crippen LogP contribution is 2.27. The van der Waals surface area contributed by atoms with Crippen LogP contribution in [0.2, 0.25) is 0 Å². The second-order valence-electron chi connectivity index (χ2n) is 6.42. The van der Waals surface area contributed by atoms with E-state index in [1.807, 2.05) is 19.1 Å². The van der Waals surface area contributed by atoms with Crippen molar-refractivity contribution in [2.24, 2.45) is 0 Å². The molecule has 6 nitrogen and oxygen atoms in total. The molecule has 0 bridgehead atoms. The maximum Gasteiger partial charge on any atom is 0.274 e. The lowest BCUT2D eigenvalue weighted by molar-refractivity contribution is 0.0779. The van der Waals surface area contributed by atoms with Crippen LogP contribution in [0.5, 0.6) is 0 Å². The fourth-order valence-corrected chi connectivity index (χ4v) is 4.29. The molecule has 0 saturated carbocycles. The average molecular weight is 356 g/mol. The summed E-state index contributed by atoms with van der Waals surface area (Å²) < 4.78 is 5.56. The van der Waals surface area contributed by atoms with E-state index in [1.165, 1.54) is 23.4 Å². The van der Waals surface area contributed by atoms with Crippen LogP contribution in [0.3, 0.4) is 0 Å². The van der Waals surface area contributed by atoms with Gasteiger partial charge in [0.05, 0.1) is 12.2 Å². The summed E-state index contributed by atoms with van der Waals surface area (Å²) in [5.41, 5.74) is 2.31. The Balaban J connectivity index is 1.47. The number of hydrogen-bond acceptors (Lipinski definition) is 5. The van der Waals surface area contributed by atoms with E-state index in [4.69, 9.17) is 9.40 Å². The molecule has 0 atom stereocenters. The Morgan fingerprint density at radius 3 is 2.96 bits per heavy atom. The minimum atomic E-state index is -0.126. The molecule has 1 amide bonds. The first-order valence-corrected chi connectivity index (χ1v) is 9.27. The number of nitrogens with one attached hydrogen (secondary N) is 1. The van der Waals surface area contributed by atoms with Crippen LogP contribution in [0, 0.1) is 6.92 Å². The maximum absolute atomic E-state index is 12.6. The summed E-state index contributed by atoms with van der Waals surface area (Å²) in [7, 11) is 1.79. The van der Waals surface area contributed by atoms with Gasteiger partial charge in [0.25, 0.3) is 5.91 Å². The van der Waals surface area contributed by atoms with Crippen molar-refractivity contribution in [3.05, 3.63) is 45.2 Å². The van der Waals surface area contributed by atoms with Crippen molar-refractivity contribution in [2.75, 3.05) is 7.05 Å². The molecule has 130 valence electrons. The van der Waals surface area contributed by atoms with Crippen LogP contribution in [-0.2, 0) is 19.4 Å². The van der Waals surface area contributed by atoms with E-state index in [1.54, 1.807) is 29.4 Å². The highest BCUT2D eigenvalue weighted by Gasteiger charge is 2.20. The quantitative estimate of drug-likeness (QED) is 0.775. The minimum Gasteiger partial charge on any atom is -0.460 e. The van der Waals surface area contributed by atoms with E-state index in [2.05, 4.69) is 10.2 Å².